The Labute approximate surface area is 139 Å². The fourth-order valence-electron chi connectivity index (χ4n) is 2.92. The van der Waals surface area contributed by atoms with E-state index < -0.39 is 0 Å². The molecule has 0 aliphatic heterocycles. The van der Waals surface area contributed by atoms with E-state index in [4.69, 9.17) is 10.2 Å². The van der Waals surface area contributed by atoms with Gasteiger partial charge in [0.05, 0.1) is 18.0 Å². The fraction of sp³-hybridized carbons (Fsp3) is 0.500. The van der Waals surface area contributed by atoms with Gasteiger partial charge in [0.25, 0.3) is 5.91 Å². The van der Waals surface area contributed by atoms with E-state index in [-0.39, 0.29) is 29.6 Å². The Bertz CT molecular complexity index is 717. The van der Waals surface area contributed by atoms with Crippen molar-refractivity contribution in [3.05, 3.63) is 23.8 Å². The fourth-order valence-corrected chi connectivity index (χ4v) is 2.92. The van der Waals surface area contributed by atoms with Crippen molar-refractivity contribution in [3.63, 3.8) is 0 Å². The molecule has 1 amide bonds. The molecule has 2 heterocycles. The van der Waals surface area contributed by atoms with Crippen molar-refractivity contribution in [1.82, 2.24) is 20.3 Å². The first kappa shape index (κ1) is 16.4. The van der Waals surface area contributed by atoms with Crippen molar-refractivity contribution < 1.29 is 14.3 Å². The second-order valence-corrected chi connectivity index (χ2v) is 6.06. The highest BCUT2D eigenvalue weighted by atomic mass is 16.3. The van der Waals surface area contributed by atoms with E-state index in [1.807, 2.05) is 0 Å². The van der Waals surface area contributed by atoms with Gasteiger partial charge < -0.3 is 20.6 Å². The molecule has 1 fully saturated rings. The summed E-state index contributed by atoms with van der Waals surface area (Å²) in [6.45, 7) is 1.73. The van der Waals surface area contributed by atoms with Crippen LogP contribution in [0.2, 0.25) is 0 Å². The zero-order valence-corrected chi connectivity index (χ0v) is 13.5. The molecule has 3 rings (SSSR count). The largest absolute Gasteiger partial charge is 0.443 e. The number of anilines is 1. The predicted octanol–water partition coefficient (Wildman–Crippen LogP) is 1.45. The molecular formula is C16H21N5O3. The lowest BCUT2D eigenvalue weighted by Gasteiger charge is -2.16. The van der Waals surface area contributed by atoms with Gasteiger partial charge in [-0.25, -0.2) is 15.0 Å². The van der Waals surface area contributed by atoms with Crippen molar-refractivity contribution in [2.75, 3.05) is 5.73 Å². The topological polar surface area (TPSA) is 127 Å². The van der Waals surface area contributed by atoms with Crippen LogP contribution >= 0.6 is 0 Å². The number of nitrogens with two attached hydrogens (primary N) is 1. The molecule has 0 spiro atoms. The van der Waals surface area contributed by atoms with E-state index >= 15 is 0 Å². The van der Waals surface area contributed by atoms with E-state index in [1.54, 1.807) is 6.92 Å². The second kappa shape index (κ2) is 6.96. The molecule has 8 nitrogen and oxygen atoms in total. The number of rotatable bonds is 3. The quantitative estimate of drug-likeness (QED) is 0.726. The van der Waals surface area contributed by atoms with E-state index in [0.29, 0.717) is 23.7 Å². The van der Waals surface area contributed by atoms with Gasteiger partial charge >= 0.3 is 0 Å². The molecule has 0 aromatic carbocycles. The second-order valence-electron chi connectivity index (χ2n) is 6.06. The van der Waals surface area contributed by atoms with Gasteiger partial charge in [0.15, 0.2) is 11.5 Å². The van der Waals surface area contributed by atoms with Crippen LogP contribution in [-0.2, 0) is 0 Å². The predicted molar refractivity (Wildman–Crippen MR) is 87.0 cm³/mol. The first-order chi connectivity index (χ1) is 11.5. The van der Waals surface area contributed by atoms with Crippen LogP contribution in [0.3, 0.4) is 0 Å². The lowest BCUT2D eigenvalue weighted by atomic mass is 10.1. The van der Waals surface area contributed by atoms with Gasteiger partial charge in [0.2, 0.25) is 5.89 Å². The first-order valence-corrected chi connectivity index (χ1v) is 8.07. The van der Waals surface area contributed by atoms with Crippen LogP contribution in [0.1, 0.15) is 48.3 Å². The third-order valence-corrected chi connectivity index (χ3v) is 4.22. The van der Waals surface area contributed by atoms with Crippen LogP contribution in [0.15, 0.2) is 16.9 Å². The first-order valence-electron chi connectivity index (χ1n) is 8.07. The van der Waals surface area contributed by atoms with Crippen LogP contribution in [0.25, 0.3) is 11.6 Å². The molecule has 1 saturated carbocycles. The number of aliphatic hydroxyl groups is 1. The van der Waals surface area contributed by atoms with Crippen molar-refractivity contribution in [3.8, 4) is 11.6 Å². The van der Waals surface area contributed by atoms with E-state index in [0.717, 1.165) is 25.7 Å². The molecule has 2 aromatic heterocycles. The zero-order valence-electron chi connectivity index (χ0n) is 13.5. The number of aromatic nitrogens is 3. The van der Waals surface area contributed by atoms with Gasteiger partial charge in [-0.2, -0.15) is 0 Å². The Hall–Kier alpha value is -2.48. The summed E-state index contributed by atoms with van der Waals surface area (Å²) in [5.74, 6) is 0.0137. The molecule has 0 bridgehead atoms. The molecule has 4 N–H and O–H groups in total. The van der Waals surface area contributed by atoms with Gasteiger partial charge in [-0.05, 0) is 39.0 Å². The van der Waals surface area contributed by atoms with Gasteiger partial charge in [-0.15, -0.1) is 0 Å². The SMILES string of the molecule is Cc1nc(C(=O)NC2CCCC(O)CC2)c(N)nc1-c1ncco1. The minimum absolute atomic E-state index is 0.0163. The van der Waals surface area contributed by atoms with Crippen LogP contribution in [0, 0.1) is 6.92 Å². The molecule has 1 aliphatic carbocycles. The Kier molecular flexibility index (Phi) is 4.75. The Morgan fingerprint density at radius 2 is 2.17 bits per heavy atom. The Morgan fingerprint density at radius 3 is 2.92 bits per heavy atom. The summed E-state index contributed by atoms with van der Waals surface area (Å²) in [5.41, 5.74) is 6.96. The third-order valence-electron chi connectivity index (χ3n) is 4.22. The smallest absolute Gasteiger partial charge is 0.273 e. The summed E-state index contributed by atoms with van der Waals surface area (Å²) in [7, 11) is 0. The summed E-state index contributed by atoms with van der Waals surface area (Å²) < 4.78 is 5.21. The highest BCUT2D eigenvalue weighted by Crippen LogP contribution is 2.22. The number of hydrogen-bond donors (Lipinski definition) is 3. The maximum atomic E-state index is 12.5. The number of aliphatic hydroxyl groups excluding tert-OH is 1. The number of nitrogens with one attached hydrogen (secondary N) is 1. The average molecular weight is 331 g/mol. The molecule has 24 heavy (non-hydrogen) atoms. The minimum Gasteiger partial charge on any atom is -0.443 e. The van der Waals surface area contributed by atoms with Crippen LogP contribution in [0.4, 0.5) is 5.82 Å². The number of nitrogen functional groups attached to an aromatic ring is 1. The number of amides is 1. The standard InChI is InChI=1S/C16H21N5O3/c1-9-12(16-18-7-8-24-16)21-14(17)13(19-9)15(23)20-10-3-2-4-11(22)6-5-10/h7-8,10-11,22H,2-6H2,1H3,(H2,17,21)(H,20,23). The van der Waals surface area contributed by atoms with Crippen LogP contribution < -0.4 is 11.1 Å². The Balaban J connectivity index is 1.76. The molecule has 2 atom stereocenters. The van der Waals surface area contributed by atoms with Gasteiger partial charge in [0, 0.05) is 6.04 Å². The number of hydrogen-bond acceptors (Lipinski definition) is 7. The van der Waals surface area contributed by atoms with Gasteiger partial charge in [-0.1, -0.05) is 0 Å². The van der Waals surface area contributed by atoms with Crippen molar-refractivity contribution in [1.29, 1.82) is 0 Å². The number of oxazole rings is 1. The zero-order chi connectivity index (χ0) is 17.1. The normalized spacial score (nSPS) is 21.2. The van der Waals surface area contributed by atoms with E-state index in [2.05, 4.69) is 20.3 Å². The van der Waals surface area contributed by atoms with Crippen LogP contribution in [-0.4, -0.2) is 38.1 Å². The Morgan fingerprint density at radius 1 is 1.33 bits per heavy atom. The number of aryl methyl sites for hydroxylation is 1. The molecule has 0 radical (unpaired) electrons. The maximum Gasteiger partial charge on any atom is 0.273 e. The molecular weight excluding hydrogens is 310 g/mol. The van der Waals surface area contributed by atoms with Gasteiger partial charge in [-0.3, -0.25) is 4.79 Å². The van der Waals surface area contributed by atoms with Crippen molar-refractivity contribution in [2.24, 2.45) is 0 Å². The monoisotopic (exact) mass is 331 g/mol. The number of carbonyl (C=O) groups is 1. The molecule has 2 unspecified atom stereocenters. The van der Waals surface area contributed by atoms with Crippen LogP contribution in [0.5, 0.6) is 0 Å². The summed E-state index contributed by atoms with van der Waals surface area (Å²) in [6.07, 6.45) is 6.60. The maximum absolute atomic E-state index is 12.5. The summed E-state index contributed by atoms with van der Waals surface area (Å²) in [6, 6.07) is 0.0163. The molecule has 0 saturated heterocycles. The molecule has 1 aliphatic rings. The summed E-state index contributed by atoms with van der Waals surface area (Å²) >= 11 is 0. The number of nitrogens with zero attached hydrogens (tertiary/aromatic N) is 3. The highest BCUT2D eigenvalue weighted by molar-refractivity contribution is 5.96. The minimum atomic E-state index is -0.344. The summed E-state index contributed by atoms with van der Waals surface area (Å²) in [5, 5.41) is 12.6. The molecule has 2 aromatic rings. The molecule has 8 heteroatoms. The number of carbonyl (C=O) groups excluding carboxylic acids is 1. The van der Waals surface area contributed by atoms with E-state index in [1.165, 1.54) is 12.5 Å². The van der Waals surface area contributed by atoms with Crippen molar-refractivity contribution >= 4 is 11.7 Å². The third kappa shape index (κ3) is 3.53. The van der Waals surface area contributed by atoms with Crippen molar-refractivity contribution in [2.45, 2.75) is 51.2 Å². The lowest BCUT2D eigenvalue weighted by molar-refractivity contribution is 0.0926. The highest BCUT2D eigenvalue weighted by Gasteiger charge is 2.23. The molecule has 128 valence electrons. The lowest BCUT2D eigenvalue weighted by Crippen LogP contribution is -2.35. The average Bonchev–Trinajstić information content (AvgIpc) is 3.00. The van der Waals surface area contributed by atoms with Gasteiger partial charge in [0.1, 0.15) is 12.0 Å². The van der Waals surface area contributed by atoms with E-state index in [9.17, 15) is 9.90 Å². The summed E-state index contributed by atoms with van der Waals surface area (Å²) in [4.78, 5) is 25.0.